The molecular formula is C7H13NO3. The molecule has 2 atom stereocenters. The van der Waals surface area contributed by atoms with Crippen LogP contribution in [0.2, 0.25) is 0 Å². The predicted molar refractivity (Wildman–Crippen MR) is 39.1 cm³/mol. The average molecular weight is 159 g/mol. The number of nitrogens with zero attached hydrogens (tertiary/aromatic N) is 1. The van der Waals surface area contributed by atoms with Gasteiger partial charge in [0, 0.05) is 13.1 Å². The van der Waals surface area contributed by atoms with E-state index in [1.165, 1.54) is 0 Å². The van der Waals surface area contributed by atoms with Crippen LogP contribution in [0.25, 0.3) is 0 Å². The minimum absolute atomic E-state index is 0.0192. The fourth-order valence-electron chi connectivity index (χ4n) is 1.27. The van der Waals surface area contributed by atoms with E-state index in [0.717, 1.165) is 6.41 Å². The van der Waals surface area contributed by atoms with Gasteiger partial charge in [-0.2, -0.15) is 0 Å². The van der Waals surface area contributed by atoms with E-state index in [2.05, 4.69) is 0 Å². The Morgan fingerprint density at radius 2 is 2.45 bits per heavy atom. The summed E-state index contributed by atoms with van der Waals surface area (Å²) in [6.45, 7) is 3.00. The van der Waals surface area contributed by atoms with E-state index >= 15 is 0 Å². The molecule has 1 rings (SSSR count). The van der Waals surface area contributed by atoms with Crippen molar-refractivity contribution in [1.82, 2.24) is 4.90 Å². The van der Waals surface area contributed by atoms with Gasteiger partial charge in [0.05, 0.1) is 18.8 Å². The number of morpholine rings is 1. The first-order valence-corrected chi connectivity index (χ1v) is 3.72. The highest BCUT2D eigenvalue weighted by atomic mass is 16.5. The van der Waals surface area contributed by atoms with Crippen molar-refractivity contribution in [1.29, 1.82) is 0 Å². The summed E-state index contributed by atoms with van der Waals surface area (Å²) in [5, 5.41) is 8.75. The summed E-state index contributed by atoms with van der Waals surface area (Å²) in [7, 11) is 0. The maximum atomic E-state index is 10.4. The number of amides is 1. The molecular weight excluding hydrogens is 146 g/mol. The van der Waals surface area contributed by atoms with E-state index in [1.54, 1.807) is 4.90 Å². The van der Waals surface area contributed by atoms with Crippen LogP contribution in [0.3, 0.4) is 0 Å². The second-order valence-electron chi connectivity index (χ2n) is 2.81. The zero-order valence-electron chi connectivity index (χ0n) is 6.56. The van der Waals surface area contributed by atoms with Gasteiger partial charge in [-0.15, -0.1) is 0 Å². The molecule has 1 fully saturated rings. The summed E-state index contributed by atoms with van der Waals surface area (Å²) in [4.78, 5) is 12.0. The highest BCUT2D eigenvalue weighted by molar-refractivity contribution is 5.47. The Kier molecular flexibility index (Phi) is 2.84. The number of carbonyl (C=O) groups is 1. The first-order chi connectivity index (χ1) is 5.26. The molecule has 0 saturated carbocycles. The van der Waals surface area contributed by atoms with Crippen molar-refractivity contribution in [2.24, 2.45) is 0 Å². The standard InChI is InChI=1S/C7H13NO3/c1-6-2-8(5-10)3-7(4-9)11-6/h5-7,9H,2-4H2,1H3. The second kappa shape index (κ2) is 3.69. The quantitative estimate of drug-likeness (QED) is 0.538. The Morgan fingerprint density at radius 1 is 1.73 bits per heavy atom. The smallest absolute Gasteiger partial charge is 0.209 e. The lowest BCUT2D eigenvalue weighted by Gasteiger charge is -2.33. The van der Waals surface area contributed by atoms with Gasteiger partial charge in [-0.1, -0.05) is 0 Å². The minimum Gasteiger partial charge on any atom is -0.394 e. The van der Waals surface area contributed by atoms with Gasteiger partial charge in [0.15, 0.2) is 0 Å². The molecule has 0 radical (unpaired) electrons. The van der Waals surface area contributed by atoms with Crippen molar-refractivity contribution < 1.29 is 14.6 Å². The molecule has 1 amide bonds. The van der Waals surface area contributed by atoms with Crippen molar-refractivity contribution >= 4 is 6.41 Å². The zero-order valence-corrected chi connectivity index (χ0v) is 6.56. The van der Waals surface area contributed by atoms with Gasteiger partial charge in [-0.25, -0.2) is 0 Å². The van der Waals surface area contributed by atoms with Gasteiger partial charge < -0.3 is 14.7 Å². The fourth-order valence-corrected chi connectivity index (χ4v) is 1.27. The molecule has 4 nitrogen and oxygen atoms in total. The lowest BCUT2D eigenvalue weighted by atomic mass is 10.2. The zero-order chi connectivity index (χ0) is 8.27. The van der Waals surface area contributed by atoms with Gasteiger partial charge >= 0.3 is 0 Å². The molecule has 0 aromatic heterocycles. The van der Waals surface area contributed by atoms with Crippen LogP contribution >= 0.6 is 0 Å². The third kappa shape index (κ3) is 2.17. The molecule has 1 aliphatic heterocycles. The van der Waals surface area contributed by atoms with Crippen LogP contribution in [0.5, 0.6) is 0 Å². The number of hydrogen-bond acceptors (Lipinski definition) is 3. The van der Waals surface area contributed by atoms with Gasteiger partial charge in [0.1, 0.15) is 0 Å². The lowest BCUT2D eigenvalue weighted by Crippen LogP contribution is -2.47. The first kappa shape index (κ1) is 8.49. The first-order valence-electron chi connectivity index (χ1n) is 3.72. The van der Waals surface area contributed by atoms with Crippen LogP contribution in [0.15, 0.2) is 0 Å². The van der Waals surface area contributed by atoms with Crippen LogP contribution in [0.1, 0.15) is 6.92 Å². The number of rotatable bonds is 2. The van der Waals surface area contributed by atoms with Crippen LogP contribution in [0.4, 0.5) is 0 Å². The highest BCUT2D eigenvalue weighted by Crippen LogP contribution is 2.08. The molecule has 0 spiro atoms. The van der Waals surface area contributed by atoms with Crippen LogP contribution in [-0.4, -0.2) is 48.3 Å². The maximum Gasteiger partial charge on any atom is 0.209 e. The third-order valence-corrected chi connectivity index (χ3v) is 1.71. The van der Waals surface area contributed by atoms with Gasteiger partial charge in [-0.3, -0.25) is 4.79 Å². The fraction of sp³-hybridized carbons (Fsp3) is 0.857. The summed E-state index contributed by atoms with van der Waals surface area (Å²) in [6.07, 6.45) is 0.622. The summed E-state index contributed by atoms with van der Waals surface area (Å²) in [5.41, 5.74) is 0. The number of aliphatic hydroxyl groups is 1. The summed E-state index contributed by atoms with van der Waals surface area (Å²) in [5.74, 6) is 0. The summed E-state index contributed by atoms with van der Waals surface area (Å²) >= 11 is 0. The molecule has 0 bridgehead atoms. The monoisotopic (exact) mass is 159 g/mol. The second-order valence-corrected chi connectivity index (χ2v) is 2.81. The van der Waals surface area contributed by atoms with Crippen molar-refractivity contribution in [3.05, 3.63) is 0 Å². The minimum atomic E-state index is -0.205. The summed E-state index contributed by atoms with van der Waals surface area (Å²) < 4.78 is 5.32. The van der Waals surface area contributed by atoms with E-state index in [4.69, 9.17) is 9.84 Å². The summed E-state index contributed by atoms with van der Waals surface area (Å²) in [6, 6.07) is 0. The predicted octanol–water partition coefficient (Wildman–Crippen LogP) is -0.776. The van der Waals surface area contributed by atoms with Gasteiger partial charge in [0.25, 0.3) is 0 Å². The largest absolute Gasteiger partial charge is 0.394 e. The van der Waals surface area contributed by atoms with E-state index in [-0.39, 0.29) is 18.8 Å². The van der Waals surface area contributed by atoms with Crippen molar-refractivity contribution in [2.45, 2.75) is 19.1 Å². The average Bonchev–Trinajstić information content (AvgIpc) is 2.03. The van der Waals surface area contributed by atoms with E-state index < -0.39 is 0 Å². The molecule has 1 heterocycles. The molecule has 1 aliphatic rings. The Balaban J connectivity index is 2.43. The Labute approximate surface area is 65.8 Å². The van der Waals surface area contributed by atoms with E-state index in [1.807, 2.05) is 6.92 Å². The van der Waals surface area contributed by atoms with Crippen LogP contribution in [-0.2, 0) is 9.53 Å². The number of carbonyl (C=O) groups excluding carboxylic acids is 1. The molecule has 4 heteroatoms. The highest BCUT2D eigenvalue weighted by Gasteiger charge is 2.23. The lowest BCUT2D eigenvalue weighted by molar-refractivity contribution is -0.134. The topological polar surface area (TPSA) is 49.8 Å². The van der Waals surface area contributed by atoms with Crippen LogP contribution < -0.4 is 0 Å². The Morgan fingerprint density at radius 3 is 3.00 bits per heavy atom. The van der Waals surface area contributed by atoms with E-state index in [0.29, 0.717) is 13.1 Å². The van der Waals surface area contributed by atoms with Gasteiger partial charge in [0.2, 0.25) is 6.41 Å². The number of aliphatic hydroxyl groups excluding tert-OH is 1. The SMILES string of the molecule is CC1CN(C=O)CC(CO)O1. The molecule has 0 aromatic carbocycles. The molecule has 1 saturated heterocycles. The van der Waals surface area contributed by atoms with Gasteiger partial charge in [-0.05, 0) is 6.92 Å². The van der Waals surface area contributed by atoms with Crippen molar-refractivity contribution in [3.8, 4) is 0 Å². The molecule has 2 unspecified atom stereocenters. The molecule has 0 aliphatic carbocycles. The molecule has 64 valence electrons. The van der Waals surface area contributed by atoms with E-state index in [9.17, 15) is 4.79 Å². The molecule has 0 aromatic rings. The number of hydrogen-bond donors (Lipinski definition) is 1. The van der Waals surface area contributed by atoms with Crippen LogP contribution in [0, 0.1) is 0 Å². The number of ether oxygens (including phenoxy) is 1. The molecule has 1 N–H and O–H groups in total. The Bertz CT molecular complexity index is 140. The third-order valence-electron chi connectivity index (χ3n) is 1.71. The van der Waals surface area contributed by atoms with Crippen molar-refractivity contribution in [2.75, 3.05) is 19.7 Å². The van der Waals surface area contributed by atoms with Crippen molar-refractivity contribution in [3.63, 3.8) is 0 Å². The normalized spacial score (nSPS) is 32.0. The molecule has 11 heavy (non-hydrogen) atoms. The Hall–Kier alpha value is -0.610. The maximum absolute atomic E-state index is 10.4.